The summed E-state index contributed by atoms with van der Waals surface area (Å²) in [4.78, 5) is 11.8. The van der Waals surface area contributed by atoms with Crippen LogP contribution in [0.2, 0.25) is 0 Å². The molecule has 2 aliphatic carbocycles. The zero-order chi connectivity index (χ0) is 18.4. The summed E-state index contributed by atoms with van der Waals surface area (Å²) in [5, 5.41) is 30.4. The van der Waals surface area contributed by atoms with E-state index in [-0.39, 0.29) is 30.5 Å². The zero-order valence-corrected chi connectivity index (χ0v) is 15.2. The predicted molar refractivity (Wildman–Crippen MR) is 93.6 cm³/mol. The van der Waals surface area contributed by atoms with Crippen molar-refractivity contribution in [1.29, 1.82) is 0 Å². The van der Waals surface area contributed by atoms with Crippen molar-refractivity contribution in [3.63, 3.8) is 0 Å². The lowest BCUT2D eigenvalue weighted by atomic mass is 9.46. The molecule has 3 aliphatic rings. The molecular formula is C20H30O5. The minimum absolute atomic E-state index is 0.0280. The SMILES string of the molecule is C=C1CCC2[C@](C)(CO)[C@H](O)CC[C@@]2(C)[C@@H]1C/C=C1/C(=O)OC[C@H]1O. The van der Waals surface area contributed by atoms with Crippen LogP contribution in [0.5, 0.6) is 0 Å². The van der Waals surface area contributed by atoms with Gasteiger partial charge in [0.1, 0.15) is 12.7 Å². The monoisotopic (exact) mass is 350 g/mol. The van der Waals surface area contributed by atoms with Gasteiger partial charge < -0.3 is 20.1 Å². The van der Waals surface area contributed by atoms with Crippen LogP contribution in [0.4, 0.5) is 0 Å². The van der Waals surface area contributed by atoms with Gasteiger partial charge in [0.05, 0.1) is 18.3 Å². The van der Waals surface area contributed by atoms with E-state index in [1.165, 1.54) is 0 Å². The molecule has 3 N–H and O–H groups in total. The Balaban J connectivity index is 1.89. The van der Waals surface area contributed by atoms with Crippen LogP contribution in [0.25, 0.3) is 0 Å². The highest BCUT2D eigenvalue weighted by Gasteiger charge is 2.57. The molecule has 5 heteroatoms. The van der Waals surface area contributed by atoms with Gasteiger partial charge in [0, 0.05) is 5.41 Å². The van der Waals surface area contributed by atoms with E-state index in [0.717, 1.165) is 24.8 Å². The third-order valence-electron chi connectivity index (χ3n) is 7.23. The Morgan fingerprint density at radius 3 is 2.64 bits per heavy atom. The van der Waals surface area contributed by atoms with Gasteiger partial charge in [-0.25, -0.2) is 4.79 Å². The molecule has 25 heavy (non-hydrogen) atoms. The highest BCUT2D eigenvalue weighted by Crippen LogP contribution is 2.61. The molecule has 0 radical (unpaired) electrons. The lowest BCUT2D eigenvalue weighted by molar-refractivity contribution is -0.151. The fraction of sp³-hybridized carbons (Fsp3) is 0.750. The standard InChI is InChI=1S/C20H30O5/c1-12-4-7-16-19(2,9-8-17(23)20(16,3)11-21)14(12)6-5-13-15(22)10-25-18(13)24/h5,14-17,21-23H,1,4,6-11H2,2-3H3/b13-5+/t14-,15-,16?,17-,19+,20+/m1/s1. The maximum Gasteiger partial charge on any atom is 0.336 e. The Labute approximate surface area is 149 Å². The molecule has 2 saturated carbocycles. The highest BCUT2D eigenvalue weighted by atomic mass is 16.6. The molecule has 0 amide bonds. The molecule has 6 atom stereocenters. The topological polar surface area (TPSA) is 87.0 Å². The average Bonchev–Trinajstić information content (AvgIpc) is 2.89. The number of aliphatic hydroxyl groups excluding tert-OH is 3. The number of aliphatic hydroxyl groups is 3. The maximum atomic E-state index is 11.8. The Morgan fingerprint density at radius 2 is 2.04 bits per heavy atom. The van der Waals surface area contributed by atoms with Gasteiger partial charge in [-0.2, -0.15) is 0 Å². The molecule has 0 bridgehead atoms. The van der Waals surface area contributed by atoms with Gasteiger partial charge in [-0.15, -0.1) is 0 Å². The number of cyclic esters (lactones) is 1. The van der Waals surface area contributed by atoms with Gasteiger partial charge in [0.2, 0.25) is 0 Å². The van der Waals surface area contributed by atoms with Crippen molar-refractivity contribution in [3.05, 3.63) is 23.8 Å². The van der Waals surface area contributed by atoms with Crippen molar-refractivity contribution in [2.24, 2.45) is 22.7 Å². The van der Waals surface area contributed by atoms with Gasteiger partial charge in [0.25, 0.3) is 0 Å². The molecule has 3 rings (SSSR count). The van der Waals surface area contributed by atoms with Gasteiger partial charge >= 0.3 is 5.97 Å². The lowest BCUT2D eigenvalue weighted by Gasteiger charge is -2.59. The number of rotatable bonds is 3. The van der Waals surface area contributed by atoms with Crippen LogP contribution in [-0.4, -0.2) is 46.7 Å². The first-order chi connectivity index (χ1) is 11.7. The third-order valence-corrected chi connectivity index (χ3v) is 7.23. The normalized spacial score (nSPS) is 46.2. The van der Waals surface area contributed by atoms with Gasteiger partial charge in [-0.1, -0.05) is 32.1 Å². The Hall–Kier alpha value is -1.17. The number of carbonyl (C=O) groups excluding carboxylic acids is 1. The summed E-state index contributed by atoms with van der Waals surface area (Å²) in [6.45, 7) is 8.50. The summed E-state index contributed by atoms with van der Waals surface area (Å²) in [7, 11) is 0. The fourth-order valence-electron chi connectivity index (χ4n) is 5.56. The van der Waals surface area contributed by atoms with Crippen LogP contribution < -0.4 is 0 Å². The van der Waals surface area contributed by atoms with Crippen LogP contribution >= 0.6 is 0 Å². The summed E-state index contributed by atoms with van der Waals surface area (Å²) < 4.78 is 4.90. The second-order valence-corrected chi connectivity index (χ2v) is 8.54. The van der Waals surface area contributed by atoms with E-state index in [0.29, 0.717) is 18.4 Å². The molecule has 1 aliphatic heterocycles. The van der Waals surface area contributed by atoms with E-state index < -0.39 is 23.6 Å². The fourth-order valence-corrected chi connectivity index (χ4v) is 5.56. The number of fused-ring (bicyclic) bond motifs is 1. The third kappa shape index (κ3) is 2.86. The smallest absolute Gasteiger partial charge is 0.336 e. The summed E-state index contributed by atoms with van der Waals surface area (Å²) >= 11 is 0. The predicted octanol–water partition coefficient (Wildman–Crippen LogP) is 1.96. The molecule has 1 unspecified atom stereocenters. The van der Waals surface area contributed by atoms with Crippen LogP contribution in [0, 0.1) is 22.7 Å². The lowest BCUT2D eigenvalue weighted by Crippen LogP contribution is -2.57. The Morgan fingerprint density at radius 1 is 1.32 bits per heavy atom. The summed E-state index contributed by atoms with van der Waals surface area (Å²) in [5.74, 6) is -0.0734. The van der Waals surface area contributed by atoms with Crippen LogP contribution in [0.1, 0.15) is 46.0 Å². The van der Waals surface area contributed by atoms with Crippen molar-refractivity contribution >= 4 is 5.97 Å². The first-order valence-electron chi connectivity index (χ1n) is 9.26. The quantitative estimate of drug-likeness (QED) is 0.411. The van der Waals surface area contributed by atoms with Crippen LogP contribution in [-0.2, 0) is 9.53 Å². The summed E-state index contributed by atoms with van der Waals surface area (Å²) in [5.41, 5.74) is 0.911. The van der Waals surface area contributed by atoms with Gasteiger partial charge in [-0.05, 0) is 49.4 Å². The molecule has 3 fully saturated rings. The molecule has 140 valence electrons. The first kappa shape index (κ1) is 18.6. The molecule has 0 aromatic rings. The van der Waals surface area contributed by atoms with Gasteiger partial charge in [0.15, 0.2) is 0 Å². The number of ether oxygens (including phenoxy) is 1. The van der Waals surface area contributed by atoms with Crippen LogP contribution in [0.3, 0.4) is 0 Å². The van der Waals surface area contributed by atoms with Crippen molar-refractivity contribution in [3.8, 4) is 0 Å². The number of esters is 1. The summed E-state index contributed by atoms with van der Waals surface area (Å²) in [6.07, 6.45) is 4.42. The van der Waals surface area contributed by atoms with Crippen molar-refractivity contribution in [1.82, 2.24) is 0 Å². The zero-order valence-electron chi connectivity index (χ0n) is 15.2. The van der Waals surface area contributed by atoms with E-state index in [2.05, 4.69) is 13.5 Å². The Kier molecular flexibility index (Phi) is 4.86. The summed E-state index contributed by atoms with van der Waals surface area (Å²) in [6, 6.07) is 0. The molecule has 5 nitrogen and oxygen atoms in total. The molecule has 1 heterocycles. The van der Waals surface area contributed by atoms with E-state index in [4.69, 9.17) is 4.74 Å². The average molecular weight is 350 g/mol. The van der Waals surface area contributed by atoms with E-state index in [1.807, 2.05) is 13.0 Å². The minimum atomic E-state index is -0.844. The van der Waals surface area contributed by atoms with Crippen molar-refractivity contribution < 1.29 is 24.9 Å². The van der Waals surface area contributed by atoms with Crippen LogP contribution in [0.15, 0.2) is 23.8 Å². The van der Waals surface area contributed by atoms with Crippen molar-refractivity contribution in [2.45, 2.75) is 58.2 Å². The van der Waals surface area contributed by atoms with E-state index in [9.17, 15) is 20.1 Å². The largest absolute Gasteiger partial charge is 0.459 e. The molecule has 0 aromatic carbocycles. The minimum Gasteiger partial charge on any atom is -0.459 e. The number of hydrogen-bond donors (Lipinski definition) is 3. The first-order valence-corrected chi connectivity index (χ1v) is 9.26. The second kappa shape index (κ2) is 6.53. The molecule has 0 spiro atoms. The Bertz CT molecular complexity index is 597. The van der Waals surface area contributed by atoms with Crippen molar-refractivity contribution in [2.75, 3.05) is 13.2 Å². The number of allylic oxidation sites excluding steroid dienone is 2. The number of hydrogen-bond acceptors (Lipinski definition) is 5. The number of carbonyl (C=O) groups is 1. The molecular weight excluding hydrogens is 320 g/mol. The second-order valence-electron chi connectivity index (χ2n) is 8.54. The molecule has 0 aromatic heterocycles. The van der Waals surface area contributed by atoms with E-state index >= 15 is 0 Å². The van der Waals surface area contributed by atoms with Gasteiger partial charge in [-0.3, -0.25) is 0 Å². The molecule has 1 saturated heterocycles. The highest BCUT2D eigenvalue weighted by molar-refractivity contribution is 5.91. The maximum absolute atomic E-state index is 11.8. The van der Waals surface area contributed by atoms with E-state index in [1.54, 1.807) is 0 Å².